The van der Waals surface area contributed by atoms with E-state index >= 15 is 0 Å². The van der Waals surface area contributed by atoms with E-state index in [0.29, 0.717) is 0 Å². The van der Waals surface area contributed by atoms with Crippen molar-refractivity contribution in [2.75, 3.05) is 29.5 Å². The highest BCUT2D eigenvalue weighted by Gasteiger charge is 2.21. The zero-order valence-electron chi connectivity index (χ0n) is 14.4. The molecule has 0 spiro atoms. The predicted molar refractivity (Wildman–Crippen MR) is 95.0 cm³/mol. The molecule has 10 heteroatoms. The number of anilines is 2. The number of hydrogen-bond acceptors (Lipinski definition) is 5. The van der Waals surface area contributed by atoms with Crippen LogP contribution >= 0.6 is 0 Å². The quantitative estimate of drug-likeness (QED) is 0.753. The fraction of sp³-hybridized carbons (Fsp3) is 0.176. The molecule has 27 heavy (non-hydrogen) atoms. The van der Waals surface area contributed by atoms with E-state index in [2.05, 4.69) is 10.1 Å². The maximum Gasteiger partial charge on any atom is 0.337 e. The van der Waals surface area contributed by atoms with Crippen LogP contribution in [0.15, 0.2) is 42.5 Å². The number of amides is 1. The molecule has 2 rings (SSSR count). The summed E-state index contributed by atoms with van der Waals surface area (Å²) < 4.78 is 55.6. The first-order valence-corrected chi connectivity index (χ1v) is 9.37. The van der Waals surface area contributed by atoms with E-state index < -0.39 is 40.1 Å². The van der Waals surface area contributed by atoms with Gasteiger partial charge in [0.1, 0.15) is 6.54 Å². The Kier molecular flexibility index (Phi) is 6.11. The summed E-state index contributed by atoms with van der Waals surface area (Å²) in [5.41, 5.74) is 0.333. The minimum Gasteiger partial charge on any atom is -0.465 e. The fourth-order valence-corrected chi connectivity index (χ4v) is 3.04. The summed E-state index contributed by atoms with van der Waals surface area (Å²) in [7, 11) is -2.63. The predicted octanol–water partition coefficient (Wildman–Crippen LogP) is 2.16. The minimum absolute atomic E-state index is 0.0200. The molecule has 0 saturated heterocycles. The normalized spacial score (nSPS) is 11.0. The third-order valence-corrected chi connectivity index (χ3v) is 4.61. The Morgan fingerprint density at radius 3 is 2.22 bits per heavy atom. The van der Waals surface area contributed by atoms with Gasteiger partial charge in [-0.25, -0.2) is 22.0 Å². The monoisotopic (exact) mass is 398 g/mol. The number of benzene rings is 2. The Labute approximate surface area is 154 Å². The molecule has 0 saturated carbocycles. The van der Waals surface area contributed by atoms with Gasteiger partial charge in [-0.3, -0.25) is 9.10 Å². The van der Waals surface area contributed by atoms with Crippen molar-refractivity contribution >= 4 is 33.3 Å². The number of hydrogen-bond donors (Lipinski definition) is 1. The van der Waals surface area contributed by atoms with Gasteiger partial charge in [0.25, 0.3) is 0 Å². The van der Waals surface area contributed by atoms with E-state index in [-0.39, 0.29) is 16.9 Å². The number of nitrogens with one attached hydrogen (secondary N) is 1. The largest absolute Gasteiger partial charge is 0.465 e. The standard InChI is InChI=1S/C17H16F2N2O5S/c1-26-17(23)11-3-6-13(7-4-11)21(27(2,24)25)10-16(22)20-12-5-8-14(18)15(19)9-12/h3-9H,10H2,1-2H3,(H,20,22). The van der Waals surface area contributed by atoms with Crippen LogP contribution in [0.5, 0.6) is 0 Å². The number of methoxy groups -OCH3 is 1. The molecule has 2 aromatic rings. The minimum atomic E-state index is -3.84. The first-order valence-electron chi connectivity index (χ1n) is 7.53. The molecule has 0 fully saturated rings. The number of esters is 1. The molecule has 0 atom stereocenters. The lowest BCUT2D eigenvalue weighted by Crippen LogP contribution is -2.37. The molecule has 0 heterocycles. The van der Waals surface area contributed by atoms with Gasteiger partial charge in [0.2, 0.25) is 15.9 Å². The summed E-state index contributed by atoms with van der Waals surface area (Å²) >= 11 is 0. The summed E-state index contributed by atoms with van der Waals surface area (Å²) in [5, 5.41) is 2.30. The second kappa shape index (κ2) is 8.12. The second-order valence-corrected chi connectivity index (χ2v) is 7.39. The van der Waals surface area contributed by atoms with Gasteiger partial charge in [0, 0.05) is 11.8 Å². The van der Waals surface area contributed by atoms with Crippen LogP contribution in [0.2, 0.25) is 0 Å². The molecule has 7 nitrogen and oxygen atoms in total. The smallest absolute Gasteiger partial charge is 0.337 e. The highest BCUT2D eigenvalue weighted by Crippen LogP contribution is 2.19. The van der Waals surface area contributed by atoms with Crippen LogP contribution in [0.1, 0.15) is 10.4 Å². The number of carbonyl (C=O) groups is 2. The average Bonchev–Trinajstić information content (AvgIpc) is 2.61. The van der Waals surface area contributed by atoms with Crippen LogP contribution in [0.4, 0.5) is 20.2 Å². The molecule has 144 valence electrons. The van der Waals surface area contributed by atoms with E-state index in [4.69, 9.17) is 0 Å². The maximum atomic E-state index is 13.2. The number of rotatable bonds is 6. The number of ether oxygens (including phenoxy) is 1. The lowest BCUT2D eigenvalue weighted by atomic mass is 10.2. The van der Waals surface area contributed by atoms with Gasteiger partial charge >= 0.3 is 5.97 Å². The Morgan fingerprint density at radius 2 is 1.70 bits per heavy atom. The Morgan fingerprint density at radius 1 is 1.07 bits per heavy atom. The molecule has 0 unspecified atom stereocenters. The van der Waals surface area contributed by atoms with Crippen molar-refractivity contribution in [3.63, 3.8) is 0 Å². The molecule has 0 aromatic heterocycles. The number of halogens is 2. The van der Waals surface area contributed by atoms with Crippen molar-refractivity contribution in [1.29, 1.82) is 0 Å². The van der Waals surface area contributed by atoms with Crippen molar-refractivity contribution < 1.29 is 31.5 Å². The summed E-state index contributed by atoms with van der Waals surface area (Å²) in [6.07, 6.45) is 0.909. The van der Waals surface area contributed by atoms with Crippen molar-refractivity contribution in [2.24, 2.45) is 0 Å². The van der Waals surface area contributed by atoms with Crippen molar-refractivity contribution in [3.05, 3.63) is 59.7 Å². The third kappa shape index (κ3) is 5.23. The molecule has 0 aliphatic rings. The van der Waals surface area contributed by atoms with Crippen LogP contribution in [-0.4, -0.2) is 40.2 Å². The maximum absolute atomic E-state index is 13.2. The highest BCUT2D eigenvalue weighted by atomic mass is 32.2. The fourth-order valence-electron chi connectivity index (χ4n) is 2.19. The molecular weight excluding hydrogens is 382 g/mol. The summed E-state index contributed by atoms with van der Waals surface area (Å²) in [6.45, 7) is -0.602. The third-order valence-electron chi connectivity index (χ3n) is 3.47. The van der Waals surface area contributed by atoms with E-state index in [1.54, 1.807) is 0 Å². The molecule has 0 aliphatic heterocycles. The van der Waals surface area contributed by atoms with Gasteiger partial charge in [0.05, 0.1) is 24.6 Å². The van der Waals surface area contributed by atoms with Crippen molar-refractivity contribution in [1.82, 2.24) is 0 Å². The second-order valence-electron chi connectivity index (χ2n) is 5.49. The van der Waals surface area contributed by atoms with Gasteiger partial charge in [-0.15, -0.1) is 0 Å². The van der Waals surface area contributed by atoms with Crippen LogP contribution in [0, 0.1) is 11.6 Å². The van der Waals surface area contributed by atoms with Crippen LogP contribution in [-0.2, 0) is 19.6 Å². The SMILES string of the molecule is COC(=O)c1ccc(N(CC(=O)Nc2ccc(F)c(F)c2)S(C)(=O)=O)cc1. The van der Waals surface area contributed by atoms with Gasteiger partial charge in [-0.05, 0) is 36.4 Å². The van der Waals surface area contributed by atoms with Gasteiger partial charge in [-0.2, -0.15) is 0 Å². The lowest BCUT2D eigenvalue weighted by Gasteiger charge is -2.22. The van der Waals surface area contributed by atoms with Gasteiger partial charge in [0.15, 0.2) is 11.6 Å². The lowest BCUT2D eigenvalue weighted by molar-refractivity contribution is -0.114. The van der Waals surface area contributed by atoms with Crippen LogP contribution in [0.25, 0.3) is 0 Å². The van der Waals surface area contributed by atoms with Crippen LogP contribution in [0.3, 0.4) is 0 Å². The molecule has 2 aromatic carbocycles. The molecule has 1 amide bonds. The van der Waals surface area contributed by atoms with E-state index in [1.807, 2.05) is 0 Å². The van der Waals surface area contributed by atoms with Crippen molar-refractivity contribution in [2.45, 2.75) is 0 Å². The molecule has 0 radical (unpaired) electrons. The first-order chi connectivity index (χ1) is 12.6. The van der Waals surface area contributed by atoms with E-state index in [1.165, 1.54) is 31.4 Å². The van der Waals surface area contributed by atoms with E-state index in [9.17, 15) is 26.8 Å². The Balaban J connectivity index is 2.20. The van der Waals surface area contributed by atoms with E-state index in [0.717, 1.165) is 28.8 Å². The van der Waals surface area contributed by atoms with Crippen LogP contribution < -0.4 is 9.62 Å². The highest BCUT2D eigenvalue weighted by molar-refractivity contribution is 7.92. The Hall–Kier alpha value is -3.01. The molecular formula is C17H16F2N2O5S. The molecule has 1 N–H and O–H groups in total. The topological polar surface area (TPSA) is 92.8 Å². The number of carbonyl (C=O) groups excluding carboxylic acids is 2. The zero-order chi connectivity index (χ0) is 20.2. The molecule has 0 aliphatic carbocycles. The van der Waals surface area contributed by atoms with Crippen molar-refractivity contribution in [3.8, 4) is 0 Å². The summed E-state index contributed by atoms with van der Waals surface area (Å²) in [4.78, 5) is 23.6. The number of sulfonamides is 1. The zero-order valence-corrected chi connectivity index (χ0v) is 15.2. The van der Waals surface area contributed by atoms with Gasteiger partial charge in [-0.1, -0.05) is 0 Å². The number of nitrogens with zero attached hydrogens (tertiary/aromatic N) is 1. The average molecular weight is 398 g/mol. The summed E-state index contributed by atoms with van der Waals surface area (Å²) in [5.74, 6) is -3.57. The summed E-state index contributed by atoms with van der Waals surface area (Å²) in [6, 6.07) is 8.16. The van der Waals surface area contributed by atoms with Gasteiger partial charge < -0.3 is 10.1 Å². The first kappa shape index (κ1) is 20.3. The Bertz CT molecular complexity index is 962. The molecule has 0 bridgehead atoms.